The second-order valence-electron chi connectivity index (χ2n) is 4.56. The zero-order chi connectivity index (χ0) is 14.8. The lowest BCUT2D eigenvalue weighted by Crippen LogP contribution is -2.18. The van der Waals surface area contributed by atoms with Gasteiger partial charge in [-0.1, -0.05) is 23.4 Å². The van der Waals surface area contributed by atoms with Gasteiger partial charge >= 0.3 is 0 Å². The Labute approximate surface area is 126 Å². The molecule has 0 bridgehead atoms. The average Bonchev–Trinajstić information content (AvgIpc) is 2.97. The highest BCUT2D eigenvalue weighted by Crippen LogP contribution is 2.29. The van der Waals surface area contributed by atoms with Gasteiger partial charge in [-0.15, -0.1) is 0 Å². The van der Waals surface area contributed by atoms with Gasteiger partial charge in [0.15, 0.2) is 0 Å². The Morgan fingerprint density at radius 2 is 2.05 bits per heavy atom. The lowest BCUT2D eigenvalue weighted by atomic mass is 10.2. The van der Waals surface area contributed by atoms with Crippen molar-refractivity contribution in [3.05, 3.63) is 52.3 Å². The molecule has 1 aromatic heterocycles. The fraction of sp³-hybridized carbons (Fsp3) is 0.133. The Balaban J connectivity index is 2.01. The van der Waals surface area contributed by atoms with Gasteiger partial charge in [0.05, 0.1) is 16.3 Å². The molecule has 1 aliphatic heterocycles. The van der Waals surface area contributed by atoms with E-state index in [1.165, 1.54) is 0 Å². The molecule has 6 heteroatoms. The molecule has 0 atom stereocenters. The van der Waals surface area contributed by atoms with Crippen molar-refractivity contribution in [3.63, 3.8) is 0 Å². The molecular weight excluding hydrogens is 286 g/mol. The third-order valence-corrected chi connectivity index (χ3v) is 3.84. The zero-order valence-electron chi connectivity index (χ0n) is 11.6. The second kappa shape index (κ2) is 5.57. The number of aliphatic imine (C=N–C) groups is 1. The van der Waals surface area contributed by atoms with E-state index in [1.54, 1.807) is 0 Å². The standard InChI is InChI=1S/C15H13N3O2S/c1-9-12(10(2)20-18-9)8-13-14(17-15(19)21-13)16-11-6-4-3-5-7-11/h3-8H,1-2H3,(H,16,17,19). The van der Waals surface area contributed by atoms with Gasteiger partial charge in [-0.05, 0) is 43.8 Å². The molecule has 0 radical (unpaired) electrons. The van der Waals surface area contributed by atoms with E-state index < -0.39 is 0 Å². The van der Waals surface area contributed by atoms with Crippen molar-refractivity contribution in [1.29, 1.82) is 0 Å². The van der Waals surface area contributed by atoms with E-state index in [9.17, 15) is 4.79 Å². The van der Waals surface area contributed by atoms with Crippen LogP contribution in [0, 0.1) is 13.8 Å². The molecule has 21 heavy (non-hydrogen) atoms. The van der Waals surface area contributed by atoms with Crippen LogP contribution in [0.3, 0.4) is 0 Å². The lowest BCUT2D eigenvalue weighted by molar-refractivity contribution is 0.265. The van der Waals surface area contributed by atoms with Gasteiger partial charge in [0.1, 0.15) is 11.6 Å². The molecule has 106 valence electrons. The van der Waals surface area contributed by atoms with Crippen molar-refractivity contribution in [1.82, 2.24) is 10.5 Å². The van der Waals surface area contributed by atoms with Gasteiger partial charge in [0.25, 0.3) is 5.24 Å². The number of nitrogens with one attached hydrogen (secondary N) is 1. The summed E-state index contributed by atoms with van der Waals surface area (Å²) in [5.41, 5.74) is 2.47. The smallest absolute Gasteiger partial charge is 0.289 e. The summed E-state index contributed by atoms with van der Waals surface area (Å²) in [4.78, 5) is 16.9. The quantitative estimate of drug-likeness (QED) is 0.915. The van der Waals surface area contributed by atoms with E-state index >= 15 is 0 Å². The van der Waals surface area contributed by atoms with Crippen molar-refractivity contribution in [3.8, 4) is 0 Å². The number of aryl methyl sites for hydroxylation is 2. The first-order valence-electron chi connectivity index (χ1n) is 6.41. The van der Waals surface area contributed by atoms with Crippen LogP contribution in [0.2, 0.25) is 0 Å². The minimum absolute atomic E-state index is 0.136. The number of aromatic nitrogens is 1. The number of nitrogens with zero attached hydrogens (tertiary/aromatic N) is 2. The number of hydrogen-bond donors (Lipinski definition) is 1. The highest BCUT2D eigenvalue weighted by Gasteiger charge is 2.24. The monoisotopic (exact) mass is 299 g/mol. The number of amides is 1. The maximum atomic E-state index is 11.6. The van der Waals surface area contributed by atoms with Crippen molar-refractivity contribution in [2.75, 3.05) is 0 Å². The Bertz CT molecular complexity index is 728. The van der Waals surface area contributed by atoms with Crippen LogP contribution < -0.4 is 5.32 Å². The van der Waals surface area contributed by atoms with E-state index in [2.05, 4.69) is 15.5 Å². The molecular formula is C15H13N3O2S. The van der Waals surface area contributed by atoms with Gasteiger partial charge in [-0.25, -0.2) is 4.99 Å². The van der Waals surface area contributed by atoms with Crippen molar-refractivity contribution in [2.45, 2.75) is 13.8 Å². The highest BCUT2D eigenvalue weighted by atomic mass is 32.2. The van der Waals surface area contributed by atoms with Crippen LogP contribution in [0.1, 0.15) is 17.0 Å². The topological polar surface area (TPSA) is 67.5 Å². The van der Waals surface area contributed by atoms with Crippen molar-refractivity contribution < 1.29 is 9.32 Å². The Morgan fingerprint density at radius 3 is 2.71 bits per heavy atom. The van der Waals surface area contributed by atoms with E-state index in [-0.39, 0.29) is 5.24 Å². The maximum Gasteiger partial charge on any atom is 0.289 e. The summed E-state index contributed by atoms with van der Waals surface area (Å²) in [5.74, 6) is 1.27. The van der Waals surface area contributed by atoms with Crippen LogP contribution in [-0.2, 0) is 0 Å². The van der Waals surface area contributed by atoms with Gasteiger partial charge in [-0.3, -0.25) is 4.79 Å². The maximum absolute atomic E-state index is 11.6. The van der Waals surface area contributed by atoms with E-state index in [0.717, 1.165) is 39.4 Å². The molecule has 1 aliphatic rings. The summed E-state index contributed by atoms with van der Waals surface area (Å²) in [5, 5.41) is 6.53. The van der Waals surface area contributed by atoms with E-state index in [1.807, 2.05) is 50.3 Å². The second-order valence-corrected chi connectivity index (χ2v) is 5.57. The Hall–Kier alpha value is -2.34. The molecule has 3 rings (SSSR count). The summed E-state index contributed by atoms with van der Waals surface area (Å²) in [6.07, 6.45) is 1.88. The summed E-state index contributed by atoms with van der Waals surface area (Å²) >= 11 is 1.12. The fourth-order valence-corrected chi connectivity index (χ4v) is 2.69. The van der Waals surface area contributed by atoms with Gasteiger partial charge in [0, 0.05) is 5.56 Å². The SMILES string of the molecule is Cc1noc(C)c1C=C1SC(=O)NC1=Nc1ccccc1. The molecule has 5 nitrogen and oxygen atoms in total. The van der Waals surface area contributed by atoms with Crippen LogP contribution in [-0.4, -0.2) is 16.2 Å². The minimum atomic E-state index is -0.136. The first-order chi connectivity index (χ1) is 10.1. The van der Waals surface area contributed by atoms with Crippen molar-refractivity contribution >= 4 is 34.6 Å². The van der Waals surface area contributed by atoms with Gasteiger partial charge < -0.3 is 9.84 Å². The summed E-state index contributed by atoms with van der Waals surface area (Å²) < 4.78 is 5.14. The van der Waals surface area contributed by atoms with Gasteiger partial charge in [0.2, 0.25) is 0 Å². The Kier molecular flexibility index (Phi) is 3.62. The predicted molar refractivity (Wildman–Crippen MR) is 83.6 cm³/mol. The number of thioether (sulfide) groups is 1. The Morgan fingerprint density at radius 1 is 1.29 bits per heavy atom. The first-order valence-corrected chi connectivity index (χ1v) is 7.22. The molecule has 1 N–H and O–H groups in total. The number of rotatable bonds is 2. The fourth-order valence-electron chi connectivity index (χ4n) is 1.97. The van der Waals surface area contributed by atoms with Crippen LogP contribution in [0.25, 0.3) is 6.08 Å². The van der Waals surface area contributed by atoms with Crippen LogP contribution in [0.4, 0.5) is 10.5 Å². The number of amidine groups is 1. The number of carbonyl (C=O) groups is 1. The molecule has 2 aromatic rings. The predicted octanol–water partition coefficient (Wildman–Crippen LogP) is 3.82. The van der Waals surface area contributed by atoms with Crippen LogP contribution >= 0.6 is 11.8 Å². The third-order valence-electron chi connectivity index (χ3n) is 3.02. The molecule has 1 amide bonds. The first kappa shape index (κ1) is 13.6. The molecule has 2 heterocycles. The highest BCUT2D eigenvalue weighted by molar-refractivity contribution is 8.18. The molecule has 0 unspecified atom stereocenters. The summed E-state index contributed by atoms with van der Waals surface area (Å²) in [6.45, 7) is 3.71. The summed E-state index contributed by atoms with van der Waals surface area (Å²) in [6, 6.07) is 9.50. The molecule has 1 aromatic carbocycles. The number of para-hydroxylation sites is 1. The van der Waals surface area contributed by atoms with Crippen molar-refractivity contribution in [2.24, 2.45) is 4.99 Å². The molecule has 1 saturated heterocycles. The molecule has 0 aliphatic carbocycles. The molecule has 0 spiro atoms. The molecule has 0 saturated carbocycles. The minimum Gasteiger partial charge on any atom is -0.361 e. The third kappa shape index (κ3) is 2.90. The molecule has 1 fully saturated rings. The number of benzene rings is 1. The summed E-state index contributed by atoms with van der Waals surface area (Å²) in [7, 11) is 0. The van der Waals surface area contributed by atoms with Gasteiger partial charge in [-0.2, -0.15) is 0 Å². The van der Waals surface area contributed by atoms with E-state index in [0.29, 0.717) is 5.84 Å². The largest absolute Gasteiger partial charge is 0.361 e. The lowest BCUT2D eigenvalue weighted by Gasteiger charge is -1.99. The average molecular weight is 299 g/mol. The normalized spacial score (nSPS) is 18.5. The van der Waals surface area contributed by atoms with Crippen LogP contribution in [0.5, 0.6) is 0 Å². The van der Waals surface area contributed by atoms with E-state index in [4.69, 9.17) is 4.52 Å². The number of hydrogen-bond acceptors (Lipinski definition) is 5. The zero-order valence-corrected chi connectivity index (χ0v) is 12.4. The number of carbonyl (C=O) groups excluding carboxylic acids is 1. The van der Waals surface area contributed by atoms with Crippen LogP contribution in [0.15, 0.2) is 44.8 Å².